The average molecular weight is 452 g/mol. The van der Waals surface area contributed by atoms with Crippen LogP contribution < -0.4 is 0 Å². The quantitative estimate of drug-likeness (QED) is 0.592. The number of benzene rings is 2. The van der Waals surface area contributed by atoms with Gasteiger partial charge in [-0.3, -0.25) is 9.59 Å². The van der Waals surface area contributed by atoms with Gasteiger partial charge in [-0.1, -0.05) is 60.5 Å². The van der Waals surface area contributed by atoms with Gasteiger partial charge in [-0.25, -0.2) is 10.0 Å². The fourth-order valence-corrected chi connectivity index (χ4v) is 5.58. The van der Waals surface area contributed by atoms with Crippen LogP contribution >= 0.6 is 23.4 Å². The van der Waals surface area contributed by atoms with Crippen molar-refractivity contribution in [1.29, 1.82) is 0 Å². The number of hydrogen-bond donors (Lipinski definition) is 0. The zero-order chi connectivity index (χ0) is 21.4. The van der Waals surface area contributed by atoms with Gasteiger partial charge < -0.3 is 0 Å². The van der Waals surface area contributed by atoms with Gasteiger partial charge in [0.1, 0.15) is 11.1 Å². The van der Waals surface area contributed by atoms with Crippen molar-refractivity contribution in [3.63, 3.8) is 0 Å². The largest absolute Gasteiger partial charge is 0.297 e. The molecule has 1 saturated carbocycles. The number of carbonyl (C=O) groups is 2. The van der Waals surface area contributed by atoms with Crippen LogP contribution in [-0.2, 0) is 9.59 Å². The molecule has 31 heavy (non-hydrogen) atoms. The van der Waals surface area contributed by atoms with E-state index in [1.165, 1.54) is 23.2 Å². The summed E-state index contributed by atoms with van der Waals surface area (Å²) in [5.74, 6) is 0.529. The second-order valence-corrected chi connectivity index (χ2v) is 9.39. The Hall–Kier alpha value is -2.57. The minimum Gasteiger partial charge on any atom is -0.272 e. The Kier molecular flexibility index (Phi) is 5.59. The molecule has 0 aromatic heterocycles. The lowest BCUT2D eigenvalue weighted by Gasteiger charge is -2.33. The summed E-state index contributed by atoms with van der Waals surface area (Å²) in [5.41, 5.74) is 3.37. The van der Waals surface area contributed by atoms with Crippen LogP contribution in [0.15, 0.2) is 70.9 Å². The van der Waals surface area contributed by atoms with Crippen LogP contribution in [0.4, 0.5) is 0 Å². The highest BCUT2D eigenvalue weighted by Gasteiger charge is 2.45. The molecule has 2 aromatic rings. The summed E-state index contributed by atoms with van der Waals surface area (Å²) >= 11 is 7.57. The minimum absolute atomic E-state index is 0.100. The summed E-state index contributed by atoms with van der Waals surface area (Å²) in [7, 11) is 0. The third kappa shape index (κ3) is 3.79. The maximum Gasteiger partial charge on any atom is 0.297 e. The highest BCUT2D eigenvalue weighted by molar-refractivity contribution is 8.00. The van der Waals surface area contributed by atoms with Crippen LogP contribution in [0.5, 0.6) is 0 Å². The smallest absolute Gasteiger partial charge is 0.272 e. The molecule has 1 aliphatic carbocycles. The Morgan fingerprint density at radius 2 is 1.65 bits per heavy atom. The third-order valence-corrected chi connectivity index (χ3v) is 7.30. The number of amidine groups is 1. The van der Waals surface area contributed by atoms with E-state index in [4.69, 9.17) is 16.6 Å². The average Bonchev–Trinajstić information content (AvgIpc) is 3.35. The zero-order valence-corrected chi connectivity index (χ0v) is 18.5. The number of thioether (sulfide) groups is 1. The van der Waals surface area contributed by atoms with Gasteiger partial charge in [-0.2, -0.15) is 5.01 Å². The summed E-state index contributed by atoms with van der Waals surface area (Å²) in [6, 6.07) is 17.1. The van der Waals surface area contributed by atoms with Gasteiger partial charge in [0.05, 0.1) is 5.75 Å². The first-order valence-electron chi connectivity index (χ1n) is 10.5. The lowest BCUT2D eigenvalue weighted by Crippen LogP contribution is -2.49. The number of carbonyl (C=O) groups excluding carboxylic acids is 2. The summed E-state index contributed by atoms with van der Waals surface area (Å²) in [4.78, 5) is 31.5. The molecule has 1 unspecified atom stereocenters. The molecule has 158 valence electrons. The molecular weight excluding hydrogens is 430 g/mol. The van der Waals surface area contributed by atoms with Crippen molar-refractivity contribution in [3.8, 4) is 0 Å². The van der Waals surface area contributed by atoms with Crippen molar-refractivity contribution in [2.24, 2.45) is 4.99 Å². The molecule has 2 aliphatic heterocycles. The molecule has 2 fully saturated rings. The third-order valence-electron chi connectivity index (χ3n) is 5.85. The molecule has 7 heteroatoms. The molecule has 0 spiro atoms. The fourth-order valence-electron chi connectivity index (χ4n) is 4.32. The lowest BCUT2D eigenvalue weighted by molar-refractivity contribution is -0.150. The van der Waals surface area contributed by atoms with E-state index in [1.807, 2.05) is 54.6 Å². The van der Waals surface area contributed by atoms with Crippen molar-refractivity contribution in [2.75, 3.05) is 5.75 Å². The van der Waals surface area contributed by atoms with Crippen molar-refractivity contribution in [3.05, 3.63) is 82.0 Å². The summed E-state index contributed by atoms with van der Waals surface area (Å²) in [6.07, 6.45) is 5.12. The van der Waals surface area contributed by atoms with Crippen molar-refractivity contribution < 1.29 is 9.59 Å². The van der Waals surface area contributed by atoms with E-state index in [9.17, 15) is 9.59 Å². The molecule has 3 aliphatic rings. The second kappa shape index (κ2) is 8.52. The van der Waals surface area contributed by atoms with E-state index in [-0.39, 0.29) is 17.2 Å². The summed E-state index contributed by atoms with van der Waals surface area (Å²) in [6.45, 7) is 0. The lowest BCUT2D eigenvalue weighted by atomic mass is 9.93. The van der Waals surface area contributed by atoms with E-state index < -0.39 is 0 Å². The molecule has 1 atom stereocenters. The number of nitrogens with zero attached hydrogens (tertiary/aromatic N) is 3. The van der Waals surface area contributed by atoms with Crippen LogP contribution in [0, 0.1) is 0 Å². The molecule has 2 aromatic carbocycles. The van der Waals surface area contributed by atoms with Crippen molar-refractivity contribution in [2.45, 2.75) is 37.5 Å². The maximum absolute atomic E-state index is 13.7. The minimum atomic E-state index is -0.307. The number of hydrazine groups is 1. The number of hydrogen-bond acceptors (Lipinski definition) is 4. The monoisotopic (exact) mass is 451 g/mol. The number of halogens is 1. The van der Waals surface area contributed by atoms with Crippen molar-refractivity contribution in [1.82, 2.24) is 10.0 Å². The van der Waals surface area contributed by atoms with E-state index in [0.717, 1.165) is 42.4 Å². The molecule has 5 rings (SSSR count). The van der Waals surface area contributed by atoms with E-state index in [1.54, 1.807) is 5.01 Å². The van der Waals surface area contributed by atoms with Gasteiger partial charge in [0.15, 0.2) is 5.84 Å². The molecule has 2 amide bonds. The molecule has 5 nitrogen and oxygen atoms in total. The first-order valence-corrected chi connectivity index (χ1v) is 12.0. The van der Waals surface area contributed by atoms with Gasteiger partial charge in [0.25, 0.3) is 11.8 Å². The predicted octanol–water partition coefficient (Wildman–Crippen LogP) is 5.34. The number of allylic oxidation sites excluding steroid dienone is 1. The molecule has 0 N–H and O–H groups in total. The van der Waals surface area contributed by atoms with Crippen LogP contribution in [0.1, 0.15) is 48.6 Å². The van der Waals surface area contributed by atoms with Crippen molar-refractivity contribution >= 4 is 41.0 Å². The Bertz CT molecular complexity index is 1070. The number of rotatable bonds is 3. The Morgan fingerprint density at radius 1 is 0.935 bits per heavy atom. The summed E-state index contributed by atoms with van der Waals surface area (Å²) < 4.78 is 0. The van der Waals surface area contributed by atoms with E-state index >= 15 is 0 Å². The highest BCUT2D eigenvalue weighted by atomic mass is 35.5. The van der Waals surface area contributed by atoms with Gasteiger partial charge >= 0.3 is 0 Å². The Labute approximate surface area is 190 Å². The van der Waals surface area contributed by atoms with Crippen LogP contribution in [0.3, 0.4) is 0 Å². The van der Waals surface area contributed by atoms with Gasteiger partial charge in [-0.15, -0.1) is 11.8 Å². The standard InChI is InChI=1S/C24H22ClN3O2S/c25-19-13-11-18(12-14-19)24-27(20(29)15-31-24)28-22(17-9-5-2-6-10-17)26-21(23(28)30)16-7-3-1-4-8-16/h2,5-6,9-14,24H,1,3-4,7-8,15H2. The fraction of sp³-hybridized carbons (Fsp3) is 0.292. The first kappa shape index (κ1) is 20.3. The molecule has 0 radical (unpaired) electrons. The van der Waals surface area contributed by atoms with Gasteiger partial charge in [-0.05, 0) is 49.0 Å². The van der Waals surface area contributed by atoms with Gasteiger partial charge in [0, 0.05) is 10.6 Å². The van der Waals surface area contributed by atoms with Crippen LogP contribution in [-0.4, -0.2) is 33.4 Å². The molecule has 2 heterocycles. The Morgan fingerprint density at radius 3 is 2.35 bits per heavy atom. The maximum atomic E-state index is 13.7. The summed E-state index contributed by atoms with van der Waals surface area (Å²) in [5, 5.41) is 3.42. The predicted molar refractivity (Wildman–Crippen MR) is 123 cm³/mol. The first-order chi connectivity index (χ1) is 15.1. The normalized spacial score (nSPS) is 21.8. The highest BCUT2D eigenvalue weighted by Crippen LogP contribution is 2.42. The van der Waals surface area contributed by atoms with Gasteiger partial charge in [0.2, 0.25) is 0 Å². The number of amides is 2. The number of aliphatic imine (C=N–C) groups is 1. The topological polar surface area (TPSA) is 53.0 Å². The van der Waals surface area contributed by atoms with Crippen LogP contribution in [0.2, 0.25) is 5.02 Å². The molecule has 0 bridgehead atoms. The SMILES string of the molecule is O=C1C(=C2CCCCC2)N=C(c2ccccc2)N1N1C(=O)CSC1c1ccc(Cl)cc1. The Balaban J connectivity index is 1.59. The molecular formula is C24H22ClN3O2S. The second-order valence-electron chi connectivity index (χ2n) is 7.88. The zero-order valence-electron chi connectivity index (χ0n) is 17.0. The van der Waals surface area contributed by atoms with E-state index in [0.29, 0.717) is 22.3 Å². The van der Waals surface area contributed by atoms with E-state index in [2.05, 4.69) is 0 Å². The van der Waals surface area contributed by atoms with Crippen LogP contribution in [0.25, 0.3) is 0 Å². The molecule has 1 saturated heterocycles.